The molecular weight excluding hydrogens is 280 g/mol. The number of nitro groups is 1. The summed E-state index contributed by atoms with van der Waals surface area (Å²) in [5, 5.41) is 14.1. The predicted octanol–water partition coefficient (Wildman–Crippen LogP) is 1.03. The third-order valence-electron chi connectivity index (χ3n) is 2.52. The molecule has 0 aliphatic carbocycles. The van der Waals surface area contributed by atoms with E-state index in [4.69, 9.17) is 14.2 Å². The molecular formula is C12H20N4O5. The Morgan fingerprint density at radius 2 is 1.90 bits per heavy atom. The maximum absolute atomic E-state index is 11.3. The third-order valence-corrected chi connectivity index (χ3v) is 2.52. The van der Waals surface area contributed by atoms with Gasteiger partial charge in [0.1, 0.15) is 12.4 Å². The number of rotatable bonds is 10. The quantitative estimate of drug-likeness (QED) is 0.388. The Hall–Kier alpha value is -2.00. The third kappa shape index (κ3) is 5.12. The molecule has 0 amide bonds. The summed E-state index contributed by atoms with van der Waals surface area (Å²) in [6.07, 6.45) is 0.539. The molecule has 0 unspecified atom stereocenters. The lowest BCUT2D eigenvalue weighted by atomic mass is 10.4. The molecule has 0 bridgehead atoms. The molecule has 1 heterocycles. The first-order valence-corrected chi connectivity index (χ1v) is 6.53. The van der Waals surface area contributed by atoms with E-state index in [0.717, 1.165) is 0 Å². The van der Waals surface area contributed by atoms with Gasteiger partial charge in [-0.15, -0.1) is 0 Å². The molecule has 9 heteroatoms. The van der Waals surface area contributed by atoms with Crippen LogP contribution < -0.4 is 10.1 Å². The van der Waals surface area contributed by atoms with Gasteiger partial charge in [-0.05, 0) is 0 Å². The number of methoxy groups -OCH3 is 2. The van der Waals surface area contributed by atoms with Gasteiger partial charge in [-0.25, -0.2) is 4.98 Å². The van der Waals surface area contributed by atoms with Crippen molar-refractivity contribution in [1.29, 1.82) is 0 Å². The van der Waals surface area contributed by atoms with Crippen molar-refractivity contribution in [3.8, 4) is 5.88 Å². The van der Waals surface area contributed by atoms with Gasteiger partial charge in [0.05, 0.1) is 18.1 Å². The normalized spacial score (nSPS) is 10.4. The van der Waals surface area contributed by atoms with Gasteiger partial charge in [0.15, 0.2) is 0 Å². The zero-order valence-corrected chi connectivity index (χ0v) is 12.4. The largest absolute Gasteiger partial charge is 0.470 e. The van der Waals surface area contributed by atoms with E-state index < -0.39 is 4.92 Å². The molecule has 0 spiro atoms. The molecule has 1 rings (SSSR count). The van der Waals surface area contributed by atoms with E-state index in [-0.39, 0.29) is 24.0 Å². The van der Waals surface area contributed by atoms with Crippen LogP contribution in [0.25, 0.3) is 0 Å². The average molecular weight is 300 g/mol. The lowest BCUT2D eigenvalue weighted by Crippen LogP contribution is -2.15. The Morgan fingerprint density at radius 1 is 1.19 bits per heavy atom. The lowest BCUT2D eigenvalue weighted by molar-refractivity contribution is -0.385. The maximum Gasteiger partial charge on any atom is 0.372 e. The Balaban J connectivity index is 3.06. The maximum atomic E-state index is 11.3. The van der Waals surface area contributed by atoms with Gasteiger partial charge in [-0.2, -0.15) is 4.98 Å². The summed E-state index contributed by atoms with van der Waals surface area (Å²) in [6.45, 7) is 3.15. The van der Waals surface area contributed by atoms with Crippen LogP contribution in [0.4, 0.5) is 11.5 Å². The van der Waals surface area contributed by atoms with E-state index in [9.17, 15) is 10.1 Å². The highest BCUT2D eigenvalue weighted by atomic mass is 16.6. The molecule has 0 saturated heterocycles. The Kier molecular flexibility index (Phi) is 7.33. The molecule has 1 N–H and O–H groups in total. The second-order valence-electron chi connectivity index (χ2n) is 4.01. The van der Waals surface area contributed by atoms with Crippen LogP contribution in [0.3, 0.4) is 0 Å². The molecule has 0 saturated carbocycles. The van der Waals surface area contributed by atoms with Crippen LogP contribution in [-0.4, -0.2) is 55.5 Å². The topological polar surface area (TPSA) is 109 Å². The summed E-state index contributed by atoms with van der Waals surface area (Å²) in [6, 6.07) is 0. The molecule has 0 fully saturated rings. The SMILES string of the molecule is CCc1nc(NCCOC)c([N+](=O)[O-])c(OCCOC)n1. The van der Waals surface area contributed by atoms with Crippen molar-refractivity contribution in [3.05, 3.63) is 15.9 Å². The fourth-order valence-corrected chi connectivity index (χ4v) is 1.52. The highest BCUT2D eigenvalue weighted by molar-refractivity contribution is 5.61. The fraction of sp³-hybridized carbons (Fsp3) is 0.667. The summed E-state index contributed by atoms with van der Waals surface area (Å²) >= 11 is 0. The first kappa shape index (κ1) is 17.1. The monoisotopic (exact) mass is 300 g/mol. The first-order chi connectivity index (χ1) is 10.1. The number of aryl methyl sites for hydroxylation is 1. The van der Waals surface area contributed by atoms with E-state index in [1.807, 2.05) is 6.92 Å². The van der Waals surface area contributed by atoms with Crippen molar-refractivity contribution in [3.63, 3.8) is 0 Å². The smallest absolute Gasteiger partial charge is 0.372 e. The second kappa shape index (κ2) is 9.03. The molecule has 1 aromatic rings. The number of ether oxygens (including phenoxy) is 3. The van der Waals surface area contributed by atoms with Crippen molar-refractivity contribution in [2.45, 2.75) is 13.3 Å². The van der Waals surface area contributed by atoms with Gasteiger partial charge in [0.25, 0.3) is 5.88 Å². The van der Waals surface area contributed by atoms with E-state index in [2.05, 4.69) is 15.3 Å². The van der Waals surface area contributed by atoms with Crippen LogP contribution in [0.2, 0.25) is 0 Å². The second-order valence-corrected chi connectivity index (χ2v) is 4.01. The number of anilines is 1. The van der Waals surface area contributed by atoms with Gasteiger partial charge >= 0.3 is 5.69 Å². The van der Waals surface area contributed by atoms with Crippen LogP contribution >= 0.6 is 0 Å². The van der Waals surface area contributed by atoms with Gasteiger partial charge in [-0.3, -0.25) is 10.1 Å². The fourth-order valence-electron chi connectivity index (χ4n) is 1.52. The van der Waals surface area contributed by atoms with Crippen molar-refractivity contribution < 1.29 is 19.1 Å². The van der Waals surface area contributed by atoms with Crippen LogP contribution in [0.1, 0.15) is 12.7 Å². The molecule has 9 nitrogen and oxygen atoms in total. The highest BCUT2D eigenvalue weighted by Gasteiger charge is 2.26. The number of hydrogen-bond donors (Lipinski definition) is 1. The van der Waals surface area contributed by atoms with E-state index in [1.165, 1.54) is 7.11 Å². The molecule has 0 aliphatic heterocycles. The zero-order valence-electron chi connectivity index (χ0n) is 12.4. The van der Waals surface area contributed by atoms with Crippen LogP contribution in [0, 0.1) is 10.1 Å². The average Bonchev–Trinajstić information content (AvgIpc) is 2.47. The van der Waals surface area contributed by atoms with Gasteiger partial charge < -0.3 is 19.5 Å². The summed E-state index contributed by atoms with van der Waals surface area (Å²) in [7, 11) is 3.07. The minimum atomic E-state index is -0.559. The Morgan fingerprint density at radius 3 is 2.48 bits per heavy atom. The Bertz CT molecular complexity index is 438. The minimum absolute atomic E-state index is 0.0520. The predicted molar refractivity (Wildman–Crippen MR) is 75.8 cm³/mol. The summed E-state index contributed by atoms with van der Waals surface area (Å²) in [5.74, 6) is 0.549. The molecule has 118 valence electrons. The van der Waals surface area contributed by atoms with Gasteiger partial charge in [0.2, 0.25) is 5.82 Å². The molecule has 0 radical (unpaired) electrons. The van der Waals surface area contributed by atoms with Gasteiger partial charge in [0, 0.05) is 27.2 Å². The van der Waals surface area contributed by atoms with Crippen LogP contribution in [0.15, 0.2) is 0 Å². The minimum Gasteiger partial charge on any atom is -0.470 e. The number of aromatic nitrogens is 2. The molecule has 0 atom stereocenters. The van der Waals surface area contributed by atoms with Gasteiger partial charge in [-0.1, -0.05) is 6.92 Å². The molecule has 21 heavy (non-hydrogen) atoms. The summed E-state index contributed by atoms with van der Waals surface area (Å²) in [4.78, 5) is 18.9. The molecule has 0 aliphatic rings. The van der Waals surface area contributed by atoms with Crippen LogP contribution in [0.5, 0.6) is 5.88 Å². The van der Waals surface area contributed by atoms with Crippen LogP contribution in [-0.2, 0) is 15.9 Å². The van der Waals surface area contributed by atoms with Crippen molar-refractivity contribution in [1.82, 2.24) is 9.97 Å². The Labute approximate surface area is 122 Å². The molecule has 1 aromatic heterocycles. The highest BCUT2D eigenvalue weighted by Crippen LogP contribution is 2.31. The van der Waals surface area contributed by atoms with E-state index in [0.29, 0.717) is 32.0 Å². The standard InChI is InChI=1S/C12H20N4O5/c1-4-9-14-11(13-5-6-19-2)10(16(17)18)12(15-9)21-8-7-20-3/h4-8H2,1-3H3,(H,13,14,15). The van der Waals surface area contributed by atoms with Crippen molar-refractivity contribution >= 4 is 11.5 Å². The first-order valence-electron chi connectivity index (χ1n) is 6.53. The number of nitrogens with one attached hydrogen (secondary N) is 1. The van der Waals surface area contributed by atoms with E-state index in [1.54, 1.807) is 7.11 Å². The molecule has 0 aromatic carbocycles. The summed E-state index contributed by atoms with van der Waals surface area (Å²) in [5.41, 5.74) is -0.278. The van der Waals surface area contributed by atoms with Crippen molar-refractivity contribution in [2.24, 2.45) is 0 Å². The van der Waals surface area contributed by atoms with E-state index >= 15 is 0 Å². The summed E-state index contributed by atoms with van der Waals surface area (Å²) < 4.78 is 15.1. The lowest BCUT2D eigenvalue weighted by Gasteiger charge is -2.11. The number of nitrogens with zero attached hydrogens (tertiary/aromatic N) is 3. The zero-order chi connectivity index (χ0) is 15.7. The number of hydrogen-bond acceptors (Lipinski definition) is 8. The van der Waals surface area contributed by atoms with Crippen molar-refractivity contribution in [2.75, 3.05) is 45.9 Å².